The smallest absolute Gasteiger partial charge is 0.408 e. The first-order valence-corrected chi connectivity index (χ1v) is 10.00. The van der Waals surface area contributed by atoms with Crippen LogP contribution in [0.4, 0.5) is 4.79 Å². The number of ether oxygens (including phenoxy) is 1. The molecule has 1 N–H and O–H groups in total. The first kappa shape index (κ1) is 21.7. The maximum atomic E-state index is 12.6. The van der Waals surface area contributed by atoms with Crippen molar-refractivity contribution in [2.75, 3.05) is 7.05 Å². The van der Waals surface area contributed by atoms with Crippen molar-refractivity contribution >= 4 is 12.0 Å². The molecule has 28 heavy (non-hydrogen) atoms. The molecule has 1 aliphatic rings. The molecule has 1 aromatic carbocycles. The topological polar surface area (TPSA) is 82.4 Å². The third-order valence-corrected chi connectivity index (χ3v) is 5.57. The van der Waals surface area contributed by atoms with Crippen molar-refractivity contribution in [2.24, 2.45) is 17.8 Å². The number of hydrogen-bond acceptors (Lipinski definition) is 4. The van der Waals surface area contributed by atoms with Crippen LogP contribution in [0.3, 0.4) is 0 Å². The second-order valence-corrected chi connectivity index (χ2v) is 8.15. The maximum absolute atomic E-state index is 12.6. The number of carbonyl (C=O) groups is 2. The lowest BCUT2D eigenvalue weighted by Crippen LogP contribution is -2.49. The van der Waals surface area contributed by atoms with E-state index in [-0.39, 0.29) is 6.10 Å². The highest BCUT2D eigenvalue weighted by Crippen LogP contribution is 2.35. The highest BCUT2D eigenvalue weighted by atomic mass is 16.6. The van der Waals surface area contributed by atoms with Crippen LogP contribution in [0.15, 0.2) is 30.3 Å². The molecule has 0 aromatic heterocycles. The summed E-state index contributed by atoms with van der Waals surface area (Å²) >= 11 is 0. The highest BCUT2D eigenvalue weighted by molar-refractivity contribution is 5.86. The van der Waals surface area contributed by atoms with Gasteiger partial charge in [0.1, 0.15) is 12.1 Å². The van der Waals surface area contributed by atoms with Crippen molar-refractivity contribution in [3.05, 3.63) is 35.9 Å². The Labute approximate surface area is 167 Å². The molecule has 0 heterocycles. The zero-order valence-electron chi connectivity index (χ0n) is 17.2. The van der Waals surface area contributed by atoms with E-state index in [0.717, 1.165) is 29.7 Å². The predicted octanol–water partition coefficient (Wildman–Crippen LogP) is 3.72. The molecule has 6 heteroatoms. The number of likely N-dealkylation sites (N-methyl/N-ethyl adjacent to an activating group) is 1. The van der Waals surface area contributed by atoms with Gasteiger partial charge in [0.15, 0.2) is 6.19 Å². The van der Waals surface area contributed by atoms with Gasteiger partial charge in [-0.25, -0.2) is 4.79 Å². The second-order valence-electron chi connectivity index (χ2n) is 8.15. The van der Waals surface area contributed by atoms with Crippen LogP contribution < -0.4 is 5.32 Å². The lowest BCUT2D eigenvalue weighted by molar-refractivity contribution is -0.129. The molecular weight excluding hydrogens is 354 g/mol. The Balaban J connectivity index is 2.08. The minimum atomic E-state index is -0.849. The van der Waals surface area contributed by atoms with Crippen LogP contribution in [0, 0.1) is 29.2 Å². The Hall–Kier alpha value is -2.55. The molecule has 1 saturated carbocycles. The number of benzene rings is 1. The summed E-state index contributed by atoms with van der Waals surface area (Å²) in [5, 5.41) is 11.8. The van der Waals surface area contributed by atoms with Gasteiger partial charge < -0.3 is 10.1 Å². The Kier molecular flexibility index (Phi) is 7.86. The molecule has 0 radical (unpaired) electrons. The van der Waals surface area contributed by atoms with Gasteiger partial charge in [-0.2, -0.15) is 5.26 Å². The molecule has 6 nitrogen and oxygen atoms in total. The van der Waals surface area contributed by atoms with Crippen molar-refractivity contribution in [1.29, 1.82) is 5.26 Å². The standard InChI is InChI=1S/C22H31N3O3/c1-15(2)18-11-10-16(3)12-20(18)28-22(27)24-19(21(26)25(4)14-23)13-17-8-6-5-7-9-17/h5-9,15-16,18-20H,10-13H2,1-4H3,(H,24,27). The van der Waals surface area contributed by atoms with Crippen LogP contribution in [-0.2, 0) is 16.0 Å². The fourth-order valence-electron chi connectivity index (χ4n) is 3.90. The number of rotatable bonds is 6. The number of nitriles is 1. The summed E-state index contributed by atoms with van der Waals surface area (Å²) in [5.74, 6) is 0.809. The lowest BCUT2D eigenvalue weighted by atomic mass is 9.75. The van der Waals surface area contributed by atoms with Gasteiger partial charge in [0.25, 0.3) is 5.91 Å². The summed E-state index contributed by atoms with van der Waals surface area (Å²) < 4.78 is 5.76. The van der Waals surface area contributed by atoms with Gasteiger partial charge in [0.2, 0.25) is 0 Å². The Morgan fingerprint density at radius 1 is 1.29 bits per heavy atom. The summed E-state index contributed by atoms with van der Waals surface area (Å²) in [7, 11) is 1.39. The molecular formula is C22H31N3O3. The normalized spacial score (nSPS) is 22.8. The first-order chi connectivity index (χ1) is 13.3. The molecule has 4 unspecified atom stereocenters. The lowest BCUT2D eigenvalue weighted by Gasteiger charge is -2.36. The first-order valence-electron chi connectivity index (χ1n) is 10.00. The molecule has 0 bridgehead atoms. The van der Waals surface area contributed by atoms with E-state index in [2.05, 4.69) is 26.1 Å². The van der Waals surface area contributed by atoms with Crippen molar-refractivity contribution in [1.82, 2.24) is 10.2 Å². The van der Waals surface area contributed by atoms with E-state index in [9.17, 15) is 9.59 Å². The van der Waals surface area contributed by atoms with E-state index < -0.39 is 18.0 Å². The third-order valence-electron chi connectivity index (χ3n) is 5.57. The Morgan fingerprint density at radius 2 is 1.96 bits per heavy atom. The van der Waals surface area contributed by atoms with Crippen LogP contribution >= 0.6 is 0 Å². The molecule has 0 spiro atoms. The van der Waals surface area contributed by atoms with Gasteiger partial charge in [-0.15, -0.1) is 0 Å². The molecule has 0 aliphatic heterocycles. The maximum Gasteiger partial charge on any atom is 0.408 e. The minimum Gasteiger partial charge on any atom is -0.446 e. The monoisotopic (exact) mass is 385 g/mol. The average Bonchev–Trinajstić information content (AvgIpc) is 2.66. The van der Waals surface area contributed by atoms with Crippen molar-refractivity contribution < 1.29 is 14.3 Å². The van der Waals surface area contributed by atoms with Crippen molar-refractivity contribution in [3.63, 3.8) is 0 Å². The number of hydrogen-bond donors (Lipinski definition) is 1. The number of alkyl carbamates (subject to hydrolysis) is 1. The van der Waals surface area contributed by atoms with Crippen LogP contribution in [0.1, 0.15) is 45.6 Å². The van der Waals surface area contributed by atoms with Crippen molar-refractivity contribution in [3.8, 4) is 6.19 Å². The van der Waals surface area contributed by atoms with Crippen LogP contribution in [0.5, 0.6) is 0 Å². The fourth-order valence-corrected chi connectivity index (χ4v) is 3.90. The zero-order chi connectivity index (χ0) is 20.7. The largest absolute Gasteiger partial charge is 0.446 e. The van der Waals surface area contributed by atoms with E-state index in [4.69, 9.17) is 10.00 Å². The van der Waals surface area contributed by atoms with E-state index in [1.165, 1.54) is 7.05 Å². The molecule has 1 fully saturated rings. The molecule has 1 aromatic rings. The molecule has 2 amide bonds. The molecule has 0 saturated heterocycles. The van der Waals surface area contributed by atoms with Gasteiger partial charge in [-0.1, -0.05) is 57.5 Å². The number of carbonyl (C=O) groups excluding carboxylic acids is 2. The molecule has 4 atom stereocenters. The number of nitrogens with zero attached hydrogens (tertiary/aromatic N) is 2. The molecule has 152 valence electrons. The third kappa shape index (κ3) is 5.98. The van der Waals surface area contributed by atoms with E-state index in [0.29, 0.717) is 24.2 Å². The van der Waals surface area contributed by atoms with Gasteiger partial charge in [-0.3, -0.25) is 9.69 Å². The summed E-state index contributed by atoms with van der Waals surface area (Å²) in [6.45, 7) is 6.48. The summed E-state index contributed by atoms with van der Waals surface area (Å²) in [4.78, 5) is 26.1. The zero-order valence-corrected chi connectivity index (χ0v) is 17.2. The van der Waals surface area contributed by atoms with Gasteiger partial charge >= 0.3 is 6.09 Å². The fraction of sp³-hybridized carbons (Fsp3) is 0.591. The van der Waals surface area contributed by atoms with Gasteiger partial charge in [0, 0.05) is 13.5 Å². The number of nitrogens with one attached hydrogen (secondary N) is 1. The molecule has 2 rings (SSSR count). The second kappa shape index (κ2) is 10.1. The van der Waals surface area contributed by atoms with Gasteiger partial charge in [-0.05, 0) is 36.2 Å². The number of amides is 2. The summed E-state index contributed by atoms with van der Waals surface area (Å²) in [6.07, 6.45) is 4.39. The van der Waals surface area contributed by atoms with Crippen molar-refractivity contribution in [2.45, 2.75) is 58.6 Å². The Morgan fingerprint density at radius 3 is 2.57 bits per heavy atom. The van der Waals surface area contributed by atoms with E-state index in [1.54, 1.807) is 6.19 Å². The minimum absolute atomic E-state index is 0.148. The quantitative estimate of drug-likeness (QED) is 0.597. The van der Waals surface area contributed by atoms with E-state index in [1.807, 2.05) is 30.3 Å². The van der Waals surface area contributed by atoms with Gasteiger partial charge in [0.05, 0.1) is 0 Å². The SMILES string of the molecule is CC1CCC(C(C)C)C(OC(=O)NC(Cc2ccccc2)C(=O)N(C)C#N)C1. The molecule has 1 aliphatic carbocycles. The Bertz CT molecular complexity index is 699. The predicted molar refractivity (Wildman–Crippen MR) is 107 cm³/mol. The highest BCUT2D eigenvalue weighted by Gasteiger charge is 2.34. The van der Waals surface area contributed by atoms with Crippen LogP contribution in [0.2, 0.25) is 0 Å². The van der Waals surface area contributed by atoms with E-state index >= 15 is 0 Å². The summed E-state index contributed by atoms with van der Waals surface area (Å²) in [6, 6.07) is 8.56. The summed E-state index contributed by atoms with van der Waals surface area (Å²) in [5.41, 5.74) is 0.902. The van der Waals surface area contributed by atoms with Crippen LogP contribution in [-0.4, -0.2) is 36.1 Å². The average molecular weight is 386 g/mol. The van der Waals surface area contributed by atoms with Crippen LogP contribution in [0.25, 0.3) is 0 Å².